The average molecular weight is 265 g/mol. The maximum atomic E-state index is 11.4. The van der Waals surface area contributed by atoms with Crippen molar-refractivity contribution in [3.05, 3.63) is 29.3 Å². The number of rotatable bonds is 6. The van der Waals surface area contributed by atoms with Crippen LogP contribution in [0.3, 0.4) is 0 Å². The molecule has 0 saturated carbocycles. The third-order valence-electron chi connectivity index (χ3n) is 2.82. The first kappa shape index (κ1) is 15.0. The maximum absolute atomic E-state index is 11.4. The van der Waals surface area contributed by atoms with E-state index in [0.717, 1.165) is 16.9 Å². The van der Waals surface area contributed by atoms with Gasteiger partial charge in [0.2, 0.25) is 5.91 Å². The number of carboxylic acids is 1. The third kappa shape index (κ3) is 4.28. The van der Waals surface area contributed by atoms with Gasteiger partial charge >= 0.3 is 5.97 Å². The van der Waals surface area contributed by atoms with Gasteiger partial charge in [-0.3, -0.25) is 9.59 Å². The molecule has 19 heavy (non-hydrogen) atoms. The molecule has 0 spiro atoms. The van der Waals surface area contributed by atoms with Gasteiger partial charge in [-0.25, -0.2) is 0 Å². The van der Waals surface area contributed by atoms with Gasteiger partial charge in [0.15, 0.2) is 0 Å². The second-order valence-corrected chi connectivity index (χ2v) is 4.42. The highest BCUT2D eigenvalue weighted by Gasteiger charge is 2.19. The van der Waals surface area contributed by atoms with E-state index in [1.54, 1.807) is 0 Å². The Labute approximate surface area is 112 Å². The van der Waals surface area contributed by atoms with Crippen LogP contribution in [-0.4, -0.2) is 30.1 Å². The van der Waals surface area contributed by atoms with E-state index in [-0.39, 0.29) is 6.54 Å². The fourth-order valence-electron chi connectivity index (χ4n) is 1.62. The number of carbonyl (C=O) groups excluding carboxylic acids is 1. The Hall–Kier alpha value is -2.04. The van der Waals surface area contributed by atoms with Crippen LogP contribution in [0.25, 0.3) is 0 Å². The van der Waals surface area contributed by atoms with Crippen molar-refractivity contribution in [2.24, 2.45) is 5.92 Å². The zero-order chi connectivity index (χ0) is 14.4. The van der Waals surface area contributed by atoms with E-state index in [9.17, 15) is 9.59 Å². The lowest BCUT2D eigenvalue weighted by atomic mass is 10.1. The van der Waals surface area contributed by atoms with Gasteiger partial charge in [-0.05, 0) is 31.9 Å². The summed E-state index contributed by atoms with van der Waals surface area (Å²) in [5, 5.41) is 11.2. The summed E-state index contributed by atoms with van der Waals surface area (Å²) in [4.78, 5) is 22.0. The summed E-state index contributed by atoms with van der Waals surface area (Å²) >= 11 is 0. The second-order valence-electron chi connectivity index (χ2n) is 4.42. The molecule has 1 aromatic rings. The van der Waals surface area contributed by atoms with E-state index in [4.69, 9.17) is 9.84 Å². The van der Waals surface area contributed by atoms with Gasteiger partial charge in [-0.1, -0.05) is 18.2 Å². The van der Waals surface area contributed by atoms with Crippen molar-refractivity contribution in [1.82, 2.24) is 5.32 Å². The van der Waals surface area contributed by atoms with Crippen LogP contribution in [0.5, 0.6) is 5.75 Å². The lowest BCUT2D eigenvalue weighted by molar-refractivity contribution is -0.146. The number of aliphatic carboxylic acids is 1. The zero-order valence-electron chi connectivity index (χ0n) is 11.4. The maximum Gasteiger partial charge on any atom is 0.315 e. The topological polar surface area (TPSA) is 75.6 Å². The normalized spacial score (nSPS) is 11.7. The molecule has 1 amide bonds. The zero-order valence-corrected chi connectivity index (χ0v) is 11.4. The average Bonchev–Trinajstić information content (AvgIpc) is 2.36. The van der Waals surface area contributed by atoms with E-state index in [1.165, 1.54) is 6.92 Å². The number of carboxylic acid groups (broad SMARTS) is 1. The summed E-state index contributed by atoms with van der Waals surface area (Å²) in [7, 11) is 0. The Bertz CT molecular complexity index is 450. The minimum absolute atomic E-state index is 0.282. The van der Waals surface area contributed by atoms with Crippen molar-refractivity contribution < 1.29 is 19.4 Å². The monoisotopic (exact) mass is 265 g/mol. The number of nitrogens with one attached hydrogen (secondary N) is 1. The number of benzene rings is 1. The molecule has 0 aliphatic heterocycles. The van der Waals surface area contributed by atoms with E-state index in [1.807, 2.05) is 32.0 Å². The number of carbonyl (C=O) groups is 2. The molecule has 0 aromatic heterocycles. The molecule has 1 rings (SSSR count). The lowest BCUT2D eigenvalue weighted by Gasteiger charge is -2.13. The predicted molar refractivity (Wildman–Crippen MR) is 71.2 cm³/mol. The largest absolute Gasteiger partial charge is 0.491 e. The third-order valence-corrected chi connectivity index (χ3v) is 2.82. The van der Waals surface area contributed by atoms with Crippen molar-refractivity contribution in [2.75, 3.05) is 13.2 Å². The number of hydrogen-bond donors (Lipinski definition) is 2. The van der Waals surface area contributed by atoms with Crippen LogP contribution < -0.4 is 10.1 Å². The molecule has 0 saturated heterocycles. The first-order chi connectivity index (χ1) is 8.93. The van der Waals surface area contributed by atoms with Crippen molar-refractivity contribution in [1.29, 1.82) is 0 Å². The van der Waals surface area contributed by atoms with Crippen LogP contribution in [0.4, 0.5) is 0 Å². The SMILES string of the molecule is Cc1cccc(C)c1OCCNC(=O)C(C)C(=O)O. The first-order valence-corrected chi connectivity index (χ1v) is 6.13. The predicted octanol–water partition coefficient (Wildman–Crippen LogP) is 1.52. The fraction of sp³-hybridized carbons (Fsp3) is 0.429. The molecule has 0 radical (unpaired) electrons. The molecule has 104 valence electrons. The molecule has 0 heterocycles. The van der Waals surface area contributed by atoms with Crippen LogP contribution in [0.2, 0.25) is 0 Å². The molecule has 0 fully saturated rings. The highest BCUT2D eigenvalue weighted by Crippen LogP contribution is 2.21. The standard InChI is InChI=1S/C14H19NO4/c1-9-5-4-6-10(2)12(9)19-8-7-15-13(16)11(3)14(17)18/h4-6,11H,7-8H2,1-3H3,(H,15,16)(H,17,18). The molecule has 0 aliphatic carbocycles. The Morgan fingerprint density at radius 2 is 1.89 bits per heavy atom. The highest BCUT2D eigenvalue weighted by molar-refractivity contribution is 5.96. The number of aryl methyl sites for hydroxylation is 2. The molecule has 5 heteroatoms. The smallest absolute Gasteiger partial charge is 0.315 e. The molecular formula is C14H19NO4. The summed E-state index contributed by atoms with van der Waals surface area (Å²) < 4.78 is 5.60. The van der Waals surface area contributed by atoms with Crippen LogP contribution in [0, 0.1) is 19.8 Å². The molecule has 0 bridgehead atoms. The van der Waals surface area contributed by atoms with Crippen LogP contribution in [-0.2, 0) is 9.59 Å². The molecule has 5 nitrogen and oxygen atoms in total. The Morgan fingerprint density at radius 3 is 2.42 bits per heavy atom. The number of amides is 1. The summed E-state index contributed by atoms with van der Waals surface area (Å²) in [5.74, 6) is -1.87. The number of para-hydroxylation sites is 1. The van der Waals surface area contributed by atoms with Gasteiger partial charge in [0.05, 0.1) is 6.54 Å². The van der Waals surface area contributed by atoms with Gasteiger partial charge in [-0.15, -0.1) is 0 Å². The van der Waals surface area contributed by atoms with Crippen molar-refractivity contribution in [2.45, 2.75) is 20.8 Å². The quantitative estimate of drug-likeness (QED) is 0.604. The molecule has 0 aliphatic rings. The Balaban J connectivity index is 2.39. The van der Waals surface area contributed by atoms with Gasteiger partial charge in [0.1, 0.15) is 18.3 Å². The molecule has 1 aromatic carbocycles. The number of hydrogen-bond acceptors (Lipinski definition) is 3. The first-order valence-electron chi connectivity index (χ1n) is 6.13. The summed E-state index contributed by atoms with van der Waals surface area (Å²) in [6.07, 6.45) is 0. The van der Waals surface area contributed by atoms with Crippen LogP contribution >= 0.6 is 0 Å². The Morgan fingerprint density at radius 1 is 1.32 bits per heavy atom. The van der Waals surface area contributed by atoms with Crippen molar-refractivity contribution in [3.63, 3.8) is 0 Å². The van der Waals surface area contributed by atoms with E-state index >= 15 is 0 Å². The molecule has 1 atom stereocenters. The minimum Gasteiger partial charge on any atom is -0.491 e. The highest BCUT2D eigenvalue weighted by atomic mass is 16.5. The van der Waals surface area contributed by atoms with E-state index < -0.39 is 17.8 Å². The lowest BCUT2D eigenvalue weighted by Crippen LogP contribution is -2.35. The van der Waals surface area contributed by atoms with Gasteiger partial charge in [0, 0.05) is 0 Å². The summed E-state index contributed by atoms with van der Waals surface area (Å²) in [6.45, 7) is 5.85. The van der Waals surface area contributed by atoms with Gasteiger partial charge in [-0.2, -0.15) is 0 Å². The molecule has 1 unspecified atom stereocenters. The molecule has 2 N–H and O–H groups in total. The van der Waals surface area contributed by atoms with Crippen LogP contribution in [0.1, 0.15) is 18.1 Å². The minimum atomic E-state index is -1.13. The molecular weight excluding hydrogens is 246 g/mol. The van der Waals surface area contributed by atoms with Crippen molar-refractivity contribution in [3.8, 4) is 5.75 Å². The summed E-state index contributed by atoms with van der Waals surface area (Å²) in [6, 6.07) is 5.86. The van der Waals surface area contributed by atoms with E-state index in [0.29, 0.717) is 6.61 Å². The van der Waals surface area contributed by atoms with Gasteiger partial charge < -0.3 is 15.2 Å². The van der Waals surface area contributed by atoms with E-state index in [2.05, 4.69) is 5.32 Å². The van der Waals surface area contributed by atoms with Gasteiger partial charge in [0.25, 0.3) is 0 Å². The van der Waals surface area contributed by atoms with Crippen LogP contribution in [0.15, 0.2) is 18.2 Å². The fourth-order valence-corrected chi connectivity index (χ4v) is 1.62. The second kappa shape index (κ2) is 6.78. The Kier molecular flexibility index (Phi) is 5.36. The van der Waals surface area contributed by atoms with Crippen molar-refractivity contribution >= 4 is 11.9 Å². The summed E-state index contributed by atoms with van der Waals surface area (Å²) in [5.41, 5.74) is 2.07. The number of ether oxygens (including phenoxy) is 1.